The fraction of sp³-hybridized carbons (Fsp3) is 0.0263. The summed E-state index contributed by atoms with van der Waals surface area (Å²) in [4.78, 5) is 9.00. The van der Waals surface area contributed by atoms with Gasteiger partial charge in [0.25, 0.3) is 5.97 Å². The number of aliphatic carboxylic acids is 1. The maximum absolute atomic E-state index is 9.00. The monoisotopic (exact) mass is 554 g/mol. The van der Waals surface area contributed by atoms with E-state index in [9.17, 15) is 0 Å². The average Bonchev–Trinajstić information content (AvgIpc) is 3.04. The van der Waals surface area contributed by atoms with E-state index in [0.717, 1.165) is 15.5 Å². The summed E-state index contributed by atoms with van der Waals surface area (Å²) in [6.07, 6.45) is 0. The van der Waals surface area contributed by atoms with Crippen molar-refractivity contribution in [2.45, 2.75) is 6.92 Å². The Bertz CT molecular complexity index is 1300. The summed E-state index contributed by atoms with van der Waals surface area (Å²) in [7, 11) is 0.777. The molecule has 0 unspecified atom stereocenters. The number of hydrogen-bond acceptors (Lipinski definition) is 1. The summed E-state index contributed by atoms with van der Waals surface area (Å²) < 4.78 is 0. The van der Waals surface area contributed by atoms with Gasteiger partial charge in [-0.05, 0) is 32.9 Å². The molecule has 0 saturated carbocycles. The molecule has 6 aromatic carbocycles. The fourth-order valence-corrected chi connectivity index (χ4v) is 4.78. The van der Waals surface area contributed by atoms with E-state index in [-0.39, 0.29) is 0 Å². The molecule has 6 aromatic rings. The quantitative estimate of drug-likeness (QED) is 0.221. The molecule has 0 aromatic heterocycles. The Morgan fingerprint density at radius 1 is 0.390 bits per heavy atom. The maximum atomic E-state index is 9.00. The summed E-state index contributed by atoms with van der Waals surface area (Å²) in [5.74, 6) is -0.833. The molecule has 0 saturated heterocycles. The topological polar surface area (TPSA) is 37.3 Å². The lowest BCUT2D eigenvalue weighted by Crippen LogP contribution is -2.01. The highest BCUT2D eigenvalue weighted by Gasteiger charge is 1.94. The molecule has 0 fully saturated rings. The van der Waals surface area contributed by atoms with Crippen LogP contribution in [0.1, 0.15) is 6.92 Å². The minimum Gasteiger partial charge on any atom is -0.481 e. The van der Waals surface area contributed by atoms with Gasteiger partial charge in [0.2, 0.25) is 0 Å². The number of carboxylic acid groups (broad SMARTS) is 1. The lowest BCUT2D eigenvalue weighted by Gasteiger charge is -2.00. The molecule has 0 heterocycles. The molecule has 41 heavy (non-hydrogen) atoms. The standard InChI is InChI=1S/C12H11P.2C12H10.C2H4O2/c1-3-7-11(8-4-1)13-12-9-5-2-6-10-12;2*1-3-7-11(8-4-1)12-9-5-2-6-10-12;1-2(3)4/h1-10,13H;2*1-10H;1H3,(H,3,4). The molecule has 204 valence electrons. The van der Waals surface area contributed by atoms with Crippen molar-refractivity contribution >= 4 is 25.2 Å². The largest absolute Gasteiger partial charge is 0.481 e. The predicted molar refractivity (Wildman–Crippen MR) is 178 cm³/mol. The van der Waals surface area contributed by atoms with E-state index in [1.54, 1.807) is 0 Å². The zero-order valence-electron chi connectivity index (χ0n) is 23.2. The second-order valence-electron chi connectivity index (χ2n) is 8.84. The molecule has 0 aliphatic heterocycles. The van der Waals surface area contributed by atoms with Crippen LogP contribution in [0.15, 0.2) is 182 Å². The molecule has 2 nitrogen and oxygen atoms in total. The fourth-order valence-electron chi connectivity index (χ4n) is 3.73. The van der Waals surface area contributed by atoms with Gasteiger partial charge in [0.15, 0.2) is 0 Å². The van der Waals surface area contributed by atoms with Crippen molar-refractivity contribution in [3.8, 4) is 22.3 Å². The third-order valence-corrected chi connectivity index (χ3v) is 6.84. The molecule has 0 bridgehead atoms. The third-order valence-electron chi connectivity index (χ3n) is 5.60. The van der Waals surface area contributed by atoms with E-state index >= 15 is 0 Å². The van der Waals surface area contributed by atoms with E-state index in [1.807, 2.05) is 24.3 Å². The van der Waals surface area contributed by atoms with Crippen LogP contribution in [-0.2, 0) is 4.79 Å². The molecule has 0 aliphatic carbocycles. The Morgan fingerprint density at radius 3 is 0.756 bits per heavy atom. The first-order valence-corrected chi connectivity index (χ1v) is 14.4. The summed E-state index contributed by atoms with van der Waals surface area (Å²) in [5.41, 5.74) is 5.10. The Labute approximate surface area is 245 Å². The minimum atomic E-state index is -0.833. The Balaban J connectivity index is 0.000000159. The lowest BCUT2D eigenvalue weighted by molar-refractivity contribution is -0.134. The van der Waals surface area contributed by atoms with Gasteiger partial charge in [-0.1, -0.05) is 191 Å². The van der Waals surface area contributed by atoms with Crippen molar-refractivity contribution in [2.75, 3.05) is 0 Å². The molecule has 1 N–H and O–H groups in total. The summed E-state index contributed by atoms with van der Waals surface area (Å²) in [6, 6.07) is 62.7. The van der Waals surface area contributed by atoms with Crippen LogP contribution in [0.3, 0.4) is 0 Å². The highest BCUT2D eigenvalue weighted by Crippen LogP contribution is 2.18. The van der Waals surface area contributed by atoms with Gasteiger partial charge in [-0.3, -0.25) is 4.79 Å². The van der Waals surface area contributed by atoms with Crippen LogP contribution in [-0.4, -0.2) is 11.1 Å². The number of hydrogen-bond donors (Lipinski definition) is 1. The summed E-state index contributed by atoms with van der Waals surface area (Å²) >= 11 is 0. The Morgan fingerprint density at radius 2 is 0.561 bits per heavy atom. The number of carboxylic acids is 1. The minimum absolute atomic E-state index is 0.777. The van der Waals surface area contributed by atoms with Crippen molar-refractivity contribution in [3.05, 3.63) is 182 Å². The van der Waals surface area contributed by atoms with Crippen LogP contribution >= 0.6 is 8.58 Å². The van der Waals surface area contributed by atoms with E-state index < -0.39 is 5.97 Å². The second-order valence-corrected chi connectivity index (χ2v) is 10.2. The van der Waals surface area contributed by atoms with Gasteiger partial charge in [-0.15, -0.1) is 0 Å². The van der Waals surface area contributed by atoms with Gasteiger partial charge < -0.3 is 5.11 Å². The van der Waals surface area contributed by atoms with Gasteiger partial charge in [0, 0.05) is 6.92 Å². The third kappa shape index (κ3) is 12.7. The lowest BCUT2D eigenvalue weighted by atomic mass is 10.1. The molecule has 0 spiro atoms. The molecule has 0 aliphatic rings. The molecule has 0 amide bonds. The van der Waals surface area contributed by atoms with Gasteiger partial charge in [0.05, 0.1) is 0 Å². The van der Waals surface area contributed by atoms with Crippen molar-refractivity contribution in [1.82, 2.24) is 0 Å². The average molecular weight is 555 g/mol. The van der Waals surface area contributed by atoms with Gasteiger partial charge in [0.1, 0.15) is 0 Å². The molecule has 0 radical (unpaired) electrons. The highest BCUT2D eigenvalue weighted by atomic mass is 31.1. The van der Waals surface area contributed by atoms with Crippen LogP contribution in [0.4, 0.5) is 0 Å². The van der Waals surface area contributed by atoms with Crippen LogP contribution in [0.5, 0.6) is 0 Å². The predicted octanol–water partition coefficient (Wildman–Crippen LogP) is 9.11. The van der Waals surface area contributed by atoms with E-state index in [0.29, 0.717) is 0 Å². The van der Waals surface area contributed by atoms with Gasteiger partial charge in [-0.25, -0.2) is 0 Å². The maximum Gasteiger partial charge on any atom is 0.300 e. The molecule has 6 rings (SSSR count). The second kappa shape index (κ2) is 18.5. The van der Waals surface area contributed by atoms with E-state index in [1.165, 1.54) is 32.9 Å². The van der Waals surface area contributed by atoms with Crippen LogP contribution in [0.2, 0.25) is 0 Å². The first kappa shape index (κ1) is 30.8. The number of carbonyl (C=O) groups is 1. The number of benzene rings is 6. The Hall–Kier alpha value is -4.78. The first-order chi connectivity index (χ1) is 20.1. The number of rotatable bonds is 4. The zero-order valence-corrected chi connectivity index (χ0v) is 24.2. The SMILES string of the molecule is CC(=O)O.c1ccc(-c2ccccc2)cc1.c1ccc(-c2ccccc2)cc1.c1ccc(Pc2ccccc2)cc1. The van der Waals surface area contributed by atoms with Crippen molar-refractivity contribution in [3.63, 3.8) is 0 Å². The smallest absolute Gasteiger partial charge is 0.300 e. The van der Waals surface area contributed by atoms with Crippen LogP contribution in [0.25, 0.3) is 22.3 Å². The van der Waals surface area contributed by atoms with Crippen molar-refractivity contribution < 1.29 is 9.90 Å². The molecule has 3 heteroatoms. The highest BCUT2D eigenvalue weighted by molar-refractivity contribution is 7.55. The van der Waals surface area contributed by atoms with Crippen molar-refractivity contribution in [1.29, 1.82) is 0 Å². The normalized spacial score (nSPS) is 9.39. The molecule has 0 atom stereocenters. The van der Waals surface area contributed by atoms with E-state index in [2.05, 4.69) is 158 Å². The zero-order chi connectivity index (χ0) is 29.0. The van der Waals surface area contributed by atoms with Gasteiger partial charge in [-0.2, -0.15) is 0 Å². The van der Waals surface area contributed by atoms with Crippen molar-refractivity contribution in [2.24, 2.45) is 0 Å². The van der Waals surface area contributed by atoms with Crippen LogP contribution in [0, 0.1) is 0 Å². The summed E-state index contributed by atoms with van der Waals surface area (Å²) in [5, 5.41) is 10.2. The van der Waals surface area contributed by atoms with E-state index in [4.69, 9.17) is 9.90 Å². The van der Waals surface area contributed by atoms with Crippen LogP contribution < -0.4 is 10.6 Å². The molecular weight excluding hydrogens is 519 g/mol. The van der Waals surface area contributed by atoms with Gasteiger partial charge >= 0.3 is 0 Å². The first-order valence-electron chi connectivity index (χ1n) is 13.4. The molecular formula is C38H35O2P. The summed E-state index contributed by atoms with van der Waals surface area (Å²) in [6.45, 7) is 1.08. The Kier molecular flexibility index (Phi) is 13.9.